The van der Waals surface area contributed by atoms with Crippen molar-refractivity contribution in [3.05, 3.63) is 18.2 Å². The molecule has 104 valence electrons. The standard InChI is InChI=1S/C12H17N3O3S/c1-3-18-8-4-5-9(13)10(6-8)19-7(2)11(16)15-12(14)17/h4-7H,3,13H2,1-2H3,(H3,14,15,16,17). The highest BCUT2D eigenvalue weighted by atomic mass is 32.2. The quantitative estimate of drug-likeness (QED) is 0.558. The van der Waals surface area contributed by atoms with Crippen LogP contribution in [0.1, 0.15) is 13.8 Å². The number of ether oxygens (including phenoxy) is 1. The molecule has 0 saturated heterocycles. The predicted octanol–water partition coefficient (Wildman–Crippen LogP) is 1.34. The Morgan fingerprint density at radius 3 is 2.74 bits per heavy atom. The Balaban J connectivity index is 2.77. The maximum Gasteiger partial charge on any atom is 0.318 e. The fraction of sp³-hybridized carbons (Fsp3) is 0.333. The zero-order valence-electron chi connectivity index (χ0n) is 10.8. The van der Waals surface area contributed by atoms with Gasteiger partial charge in [-0.1, -0.05) is 0 Å². The van der Waals surface area contributed by atoms with Crippen molar-refractivity contribution in [2.75, 3.05) is 12.3 Å². The number of carbonyl (C=O) groups is 2. The largest absolute Gasteiger partial charge is 0.494 e. The van der Waals surface area contributed by atoms with Crippen LogP contribution in [0.3, 0.4) is 0 Å². The Morgan fingerprint density at radius 2 is 2.16 bits per heavy atom. The van der Waals surface area contributed by atoms with Crippen LogP contribution in [0.5, 0.6) is 5.75 Å². The number of anilines is 1. The molecular weight excluding hydrogens is 266 g/mol. The monoisotopic (exact) mass is 283 g/mol. The summed E-state index contributed by atoms with van der Waals surface area (Å²) in [7, 11) is 0. The van der Waals surface area contributed by atoms with Crippen LogP contribution in [0.15, 0.2) is 23.1 Å². The molecule has 1 unspecified atom stereocenters. The molecule has 0 radical (unpaired) electrons. The van der Waals surface area contributed by atoms with Gasteiger partial charge in [-0.15, -0.1) is 11.8 Å². The van der Waals surface area contributed by atoms with E-state index >= 15 is 0 Å². The molecule has 7 heteroatoms. The summed E-state index contributed by atoms with van der Waals surface area (Å²) in [5, 5.41) is 1.54. The Kier molecular flexibility index (Phi) is 5.50. The number of imide groups is 1. The summed E-state index contributed by atoms with van der Waals surface area (Å²) in [6, 6.07) is 4.37. The molecule has 0 aliphatic rings. The lowest BCUT2D eigenvalue weighted by molar-refractivity contribution is -0.119. The van der Waals surface area contributed by atoms with Gasteiger partial charge in [0.05, 0.1) is 11.9 Å². The van der Waals surface area contributed by atoms with Crippen LogP contribution in [-0.2, 0) is 4.79 Å². The maximum atomic E-state index is 11.6. The highest BCUT2D eigenvalue weighted by Crippen LogP contribution is 2.32. The molecule has 0 aliphatic carbocycles. The SMILES string of the molecule is CCOc1ccc(N)c(SC(C)C(=O)NC(N)=O)c1. The zero-order valence-corrected chi connectivity index (χ0v) is 11.6. The first kappa shape index (κ1) is 15.2. The number of nitrogen functional groups attached to an aromatic ring is 1. The third-order valence-electron chi connectivity index (χ3n) is 2.22. The molecule has 0 bridgehead atoms. The van der Waals surface area contributed by atoms with Gasteiger partial charge in [0.2, 0.25) is 5.91 Å². The highest BCUT2D eigenvalue weighted by Gasteiger charge is 2.17. The van der Waals surface area contributed by atoms with Crippen molar-refractivity contribution < 1.29 is 14.3 Å². The number of rotatable bonds is 5. The fourth-order valence-electron chi connectivity index (χ4n) is 1.34. The van der Waals surface area contributed by atoms with Gasteiger partial charge in [-0.05, 0) is 32.0 Å². The normalized spacial score (nSPS) is 11.7. The van der Waals surface area contributed by atoms with E-state index in [1.54, 1.807) is 25.1 Å². The van der Waals surface area contributed by atoms with E-state index in [-0.39, 0.29) is 0 Å². The Labute approximate surface area is 115 Å². The first-order valence-electron chi connectivity index (χ1n) is 5.73. The number of hydrogen-bond donors (Lipinski definition) is 3. The van der Waals surface area contributed by atoms with Crippen molar-refractivity contribution >= 4 is 29.4 Å². The Morgan fingerprint density at radius 1 is 1.47 bits per heavy atom. The van der Waals surface area contributed by atoms with Gasteiger partial charge in [-0.2, -0.15) is 0 Å². The second-order valence-corrected chi connectivity index (χ2v) is 5.13. The van der Waals surface area contributed by atoms with E-state index in [2.05, 4.69) is 0 Å². The van der Waals surface area contributed by atoms with Crippen molar-refractivity contribution in [1.82, 2.24) is 5.32 Å². The van der Waals surface area contributed by atoms with E-state index < -0.39 is 17.2 Å². The lowest BCUT2D eigenvalue weighted by atomic mass is 10.3. The summed E-state index contributed by atoms with van der Waals surface area (Å²) < 4.78 is 5.36. The molecule has 0 aliphatic heterocycles. The van der Waals surface area contributed by atoms with Crippen LogP contribution >= 0.6 is 11.8 Å². The summed E-state index contributed by atoms with van der Waals surface area (Å²) in [5.74, 6) is 0.223. The minimum Gasteiger partial charge on any atom is -0.494 e. The second kappa shape index (κ2) is 6.89. The molecule has 1 aromatic carbocycles. The molecule has 1 rings (SSSR count). The van der Waals surface area contributed by atoms with E-state index in [1.165, 1.54) is 11.8 Å². The summed E-state index contributed by atoms with van der Waals surface area (Å²) >= 11 is 1.24. The topological polar surface area (TPSA) is 107 Å². The number of thioether (sulfide) groups is 1. The van der Waals surface area contributed by atoms with Crippen molar-refractivity contribution in [1.29, 1.82) is 0 Å². The summed E-state index contributed by atoms with van der Waals surface area (Å²) in [4.78, 5) is 22.9. The number of urea groups is 1. The van der Waals surface area contributed by atoms with Crippen LogP contribution in [-0.4, -0.2) is 23.8 Å². The van der Waals surface area contributed by atoms with Crippen LogP contribution in [0, 0.1) is 0 Å². The molecule has 3 amide bonds. The Hall–Kier alpha value is -1.89. The van der Waals surface area contributed by atoms with Gasteiger partial charge >= 0.3 is 6.03 Å². The van der Waals surface area contributed by atoms with E-state index in [0.29, 0.717) is 18.0 Å². The number of hydrogen-bond acceptors (Lipinski definition) is 5. The molecule has 0 spiro atoms. The molecule has 1 aromatic rings. The molecule has 0 fully saturated rings. The van der Waals surface area contributed by atoms with Gasteiger partial charge < -0.3 is 16.2 Å². The molecule has 19 heavy (non-hydrogen) atoms. The summed E-state index contributed by atoms with van der Waals surface area (Å²) in [6.45, 7) is 4.09. The minimum absolute atomic E-state index is 0.460. The van der Waals surface area contributed by atoms with Crippen molar-refractivity contribution in [2.45, 2.75) is 24.0 Å². The average Bonchev–Trinajstić information content (AvgIpc) is 2.32. The van der Waals surface area contributed by atoms with Gasteiger partial charge in [0.25, 0.3) is 0 Å². The van der Waals surface area contributed by atoms with Crippen LogP contribution in [0.25, 0.3) is 0 Å². The second-order valence-electron chi connectivity index (χ2n) is 3.75. The number of nitrogens with one attached hydrogen (secondary N) is 1. The van der Waals surface area contributed by atoms with Crippen LogP contribution in [0.2, 0.25) is 0 Å². The van der Waals surface area contributed by atoms with Crippen molar-refractivity contribution in [3.8, 4) is 5.75 Å². The van der Waals surface area contributed by atoms with E-state index in [0.717, 1.165) is 4.90 Å². The van der Waals surface area contributed by atoms with E-state index in [4.69, 9.17) is 16.2 Å². The third-order valence-corrected chi connectivity index (χ3v) is 3.39. The van der Waals surface area contributed by atoms with Crippen LogP contribution < -0.4 is 21.5 Å². The van der Waals surface area contributed by atoms with Crippen LogP contribution in [0.4, 0.5) is 10.5 Å². The molecule has 6 nitrogen and oxygen atoms in total. The molecular formula is C12H17N3O3S. The third kappa shape index (κ3) is 4.70. The number of primary amides is 1. The lowest BCUT2D eigenvalue weighted by Gasteiger charge is -2.13. The summed E-state index contributed by atoms with van der Waals surface area (Å²) in [6.07, 6.45) is 0. The molecule has 5 N–H and O–H groups in total. The first-order valence-corrected chi connectivity index (χ1v) is 6.61. The van der Waals surface area contributed by atoms with Crippen molar-refractivity contribution in [2.24, 2.45) is 5.73 Å². The molecule has 0 saturated carbocycles. The van der Waals surface area contributed by atoms with Gasteiger partial charge in [0, 0.05) is 10.6 Å². The lowest BCUT2D eigenvalue weighted by Crippen LogP contribution is -2.39. The molecule has 0 heterocycles. The van der Waals surface area contributed by atoms with Crippen molar-refractivity contribution in [3.63, 3.8) is 0 Å². The Bertz CT molecular complexity index is 479. The maximum absolute atomic E-state index is 11.6. The van der Waals surface area contributed by atoms with Gasteiger partial charge in [-0.25, -0.2) is 4.79 Å². The highest BCUT2D eigenvalue weighted by molar-refractivity contribution is 8.00. The summed E-state index contributed by atoms with van der Waals surface area (Å²) in [5.41, 5.74) is 11.3. The van der Waals surface area contributed by atoms with E-state index in [9.17, 15) is 9.59 Å². The van der Waals surface area contributed by atoms with Gasteiger partial charge in [0.15, 0.2) is 0 Å². The minimum atomic E-state index is -0.867. The fourth-order valence-corrected chi connectivity index (χ4v) is 2.28. The number of amides is 3. The van der Waals surface area contributed by atoms with Gasteiger partial charge in [-0.3, -0.25) is 10.1 Å². The smallest absolute Gasteiger partial charge is 0.318 e. The number of carbonyl (C=O) groups excluding carboxylic acids is 2. The zero-order chi connectivity index (χ0) is 14.4. The molecule has 0 aromatic heterocycles. The average molecular weight is 283 g/mol. The molecule has 1 atom stereocenters. The predicted molar refractivity (Wildman–Crippen MR) is 75.1 cm³/mol. The first-order chi connectivity index (χ1) is 8.93. The van der Waals surface area contributed by atoms with E-state index in [1.807, 2.05) is 12.2 Å². The number of nitrogens with two attached hydrogens (primary N) is 2. The number of benzene rings is 1. The van der Waals surface area contributed by atoms with Gasteiger partial charge in [0.1, 0.15) is 5.75 Å².